The molecule has 2 aromatic rings. The highest BCUT2D eigenvalue weighted by Gasteiger charge is 2.11. The molecule has 2 aromatic carbocycles. The topological polar surface area (TPSA) is 59.9 Å². The van der Waals surface area contributed by atoms with Gasteiger partial charge in [0.05, 0.1) is 24.4 Å². The van der Waals surface area contributed by atoms with Crippen LogP contribution in [0.25, 0.3) is 0 Å². The highest BCUT2D eigenvalue weighted by atomic mass is 79.9. The lowest BCUT2D eigenvalue weighted by Crippen LogP contribution is -2.17. The smallest absolute Gasteiger partial charge is 0.271 e. The molecule has 168 valence electrons. The number of aryl methyl sites for hydroxylation is 1. The van der Waals surface area contributed by atoms with E-state index in [2.05, 4.69) is 40.3 Å². The molecule has 0 radical (unpaired) electrons. The zero-order valence-electron chi connectivity index (χ0n) is 18.7. The van der Waals surface area contributed by atoms with Crippen LogP contribution in [0.2, 0.25) is 0 Å². The average molecular weight is 489 g/mol. The van der Waals surface area contributed by atoms with E-state index in [1.54, 1.807) is 13.3 Å². The molecule has 0 saturated carbocycles. The molecule has 0 fully saturated rings. The zero-order valence-corrected chi connectivity index (χ0v) is 20.3. The Kier molecular flexibility index (Phi) is 11.1. The summed E-state index contributed by atoms with van der Waals surface area (Å²) in [6, 6.07) is 11.4. The monoisotopic (exact) mass is 488 g/mol. The summed E-state index contributed by atoms with van der Waals surface area (Å²) in [4.78, 5) is 12.3. The summed E-state index contributed by atoms with van der Waals surface area (Å²) < 4.78 is 12.2. The van der Waals surface area contributed by atoms with E-state index in [1.165, 1.54) is 18.4 Å². The van der Waals surface area contributed by atoms with E-state index in [9.17, 15) is 4.79 Å². The summed E-state index contributed by atoms with van der Waals surface area (Å²) in [5.74, 6) is 1.07. The van der Waals surface area contributed by atoms with Gasteiger partial charge >= 0.3 is 0 Å². The number of nitrogens with zero attached hydrogens (tertiary/aromatic N) is 1. The summed E-state index contributed by atoms with van der Waals surface area (Å²) >= 11 is 3.55. The van der Waals surface area contributed by atoms with Crippen molar-refractivity contribution in [3.63, 3.8) is 0 Å². The molecule has 31 heavy (non-hydrogen) atoms. The number of rotatable bonds is 13. The first kappa shape index (κ1) is 24.9. The lowest BCUT2D eigenvalue weighted by molar-refractivity contribution is 0.0955. The number of unbranched alkanes of at least 4 members (excludes halogenated alkanes) is 4. The van der Waals surface area contributed by atoms with Crippen molar-refractivity contribution in [1.82, 2.24) is 5.43 Å². The van der Waals surface area contributed by atoms with Gasteiger partial charge in [-0.3, -0.25) is 4.79 Å². The van der Waals surface area contributed by atoms with Crippen LogP contribution in [0.15, 0.2) is 46.0 Å². The molecule has 6 heteroatoms. The molecule has 0 saturated heterocycles. The van der Waals surface area contributed by atoms with Gasteiger partial charge in [-0.2, -0.15) is 5.10 Å². The van der Waals surface area contributed by atoms with Crippen molar-refractivity contribution in [3.8, 4) is 11.5 Å². The second-order valence-corrected chi connectivity index (χ2v) is 8.30. The number of methoxy groups -OCH3 is 1. The van der Waals surface area contributed by atoms with E-state index in [0.29, 0.717) is 23.7 Å². The molecule has 2 rings (SSSR count). The Labute approximate surface area is 194 Å². The highest BCUT2D eigenvalue weighted by molar-refractivity contribution is 9.10. The van der Waals surface area contributed by atoms with Crippen LogP contribution in [0.1, 0.15) is 73.9 Å². The van der Waals surface area contributed by atoms with E-state index >= 15 is 0 Å². The van der Waals surface area contributed by atoms with E-state index in [1.807, 2.05) is 36.4 Å². The first-order valence-electron chi connectivity index (χ1n) is 11.0. The quantitative estimate of drug-likeness (QED) is 0.198. The molecule has 0 unspecified atom stereocenters. The van der Waals surface area contributed by atoms with Crippen LogP contribution in [0.4, 0.5) is 0 Å². The van der Waals surface area contributed by atoms with Crippen molar-refractivity contribution in [2.75, 3.05) is 13.7 Å². The maximum absolute atomic E-state index is 12.3. The maximum atomic E-state index is 12.3. The third-order valence-corrected chi connectivity index (χ3v) is 5.50. The van der Waals surface area contributed by atoms with Crippen molar-refractivity contribution < 1.29 is 14.3 Å². The van der Waals surface area contributed by atoms with Gasteiger partial charge in [-0.05, 0) is 70.6 Å². The van der Waals surface area contributed by atoms with Crippen LogP contribution in [-0.2, 0) is 6.42 Å². The largest absolute Gasteiger partial charge is 0.493 e. The Bertz CT molecular complexity index is 851. The molecule has 1 N–H and O–H groups in total. The summed E-state index contributed by atoms with van der Waals surface area (Å²) in [5, 5.41) is 4.09. The minimum absolute atomic E-state index is 0.239. The molecule has 0 aliphatic carbocycles. The van der Waals surface area contributed by atoms with Gasteiger partial charge in [-0.15, -0.1) is 0 Å². The van der Waals surface area contributed by atoms with E-state index in [-0.39, 0.29) is 5.91 Å². The van der Waals surface area contributed by atoms with E-state index in [4.69, 9.17) is 9.47 Å². The van der Waals surface area contributed by atoms with Gasteiger partial charge in [0.2, 0.25) is 0 Å². The van der Waals surface area contributed by atoms with Crippen molar-refractivity contribution in [2.45, 2.75) is 58.8 Å². The van der Waals surface area contributed by atoms with Crippen molar-refractivity contribution >= 4 is 28.1 Å². The Hall–Kier alpha value is -2.34. The maximum Gasteiger partial charge on any atom is 0.271 e. The number of hydrogen-bond acceptors (Lipinski definition) is 4. The Balaban J connectivity index is 1.95. The number of ether oxygens (including phenoxy) is 2. The Morgan fingerprint density at radius 1 is 1.06 bits per heavy atom. The van der Waals surface area contributed by atoms with Crippen molar-refractivity contribution in [1.29, 1.82) is 0 Å². The standard InChI is InChI=1S/C25H33BrN2O3/c1-4-6-8-9-15-31-24-22(26)16-20(17-23(24)30-3)18-27-28-25(29)21-13-11-19(12-14-21)10-7-5-2/h11-14,16-18H,4-10,15H2,1-3H3,(H,28,29)/b27-18+. The first-order chi connectivity index (χ1) is 15.1. The van der Waals surface area contributed by atoms with Crippen LogP contribution in [-0.4, -0.2) is 25.8 Å². The fourth-order valence-corrected chi connectivity index (χ4v) is 3.67. The van der Waals surface area contributed by atoms with Crippen LogP contribution in [0.3, 0.4) is 0 Å². The molecule has 0 spiro atoms. The summed E-state index contributed by atoms with van der Waals surface area (Å²) in [6.07, 6.45) is 9.51. The number of hydrazone groups is 1. The third-order valence-electron chi connectivity index (χ3n) is 4.91. The van der Waals surface area contributed by atoms with E-state index < -0.39 is 0 Å². The lowest BCUT2D eigenvalue weighted by Gasteiger charge is -2.13. The minimum atomic E-state index is -0.239. The second-order valence-electron chi connectivity index (χ2n) is 7.44. The first-order valence-corrected chi connectivity index (χ1v) is 11.8. The predicted molar refractivity (Wildman–Crippen MR) is 130 cm³/mol. The number of carbonyl (C=O) groups is 1. The van der Waals surface area contributed by atoms with Crippen molar-refractivity contribution in [2.24, 2.45) is 5.10 Å². The van der Waals surface area contributed by atoms with Gasteiger partial charge in [-0.25, -0.2) is 5.43 Å². The van der Waals surface area contributed by atoms with Gasteiger partial charge in [-0.1, -0.05) is 51.7 Å². The number of amides is 1. The van der Waals surface area contributed by atoms with Gasteiger partial charge in [0, 0.05) is 5.56 Å². The SMILES string of the molecule is CCCCCCOc1c(Br)cc(/C=N/NC(=O)c2ccc(CCCC)cc2)cc1OC. The fourth-order valence-electron chi connectivity index (χ4n) is 3.09. The number of halogens is 1. The number of benzene rings is 2. The molecule has 0 heterocycles. The van der Waals surface area contributed by atoms with Gasteiger partial charge < -0.3 is 9.47 Å². The van der Waals surface area contributed by atoms with Crippen LogP contribution in [0.5, 0.6) is 11.5 Å². The zero-order chi connectivity index (χ0) is 22.5. The average Bonchev–Trinajstić information content (AvgIpc) is 2.78. The normalized spacial score (nSPS) is 11.0. The van der Waals surface area contributed by atoms with E-state index in [0.717, 1.165) is 42.1 Å². The predicted octanol–water partition coefficient (Wildman–Crippen LogP) is 6.52. The molecule has 0 atom stereocenters. The molecule has 5 nitrogen and oxygen atoms in total. The molecule has 0 aromatic heterocycles. The minimum Gasteiger partial charge on any atom is -0.493 e. The lowest BCUT2D eigenvalue weighted by atomic mass is 10.1. The Morgan fingerprint density at radius 3 is 2.48 bits per heavy atom. The van der Waals surface area contributed by atoms with Crippen LogP contribution < -0.4 is 14.9 Å². The second kappa shape index (κ2) is 13.9. The van der Waals surface area contributed by atoms with Gasteiger partial charge in [0.15, 0.2) is 11.5 Å². The summed E-state index contributed by atoms with van der Waals surface area (Å²) in [6.45, 7) is 5.01. The van der Waals surface area contributed by atoms with Crippen LogP contribution in [0, 0.1) is 0 Å². The fraction of sp³-hybridized carbons (Fsp3) is 0.440. The van der Waals surface area contributed by atoms with Crippen molar-refractivity contribution in [3.05, 3.63) is 57.6 Å². The number of hydrogen-bond donors (Lipinski definition) is 1. The third kappa shape index (κ3) is 8.37. The van der Waals surface area contributed by atoms with Crippen LogP contribution >= 0.6 is 15.9 Å². The highest BCUT2D eigenvalue weighted by Crippen LogP contribution is 2.36. The molecule has 1 amide bonds. The molecular formula is C25H33BrN2O3. The van der Waals surface area contributed by atoms with Gasteiger partial charge in [0.1, 0.15) is 0 Å². The summed E-state index contributed by atoms with van der Waals surface area (Å²) in [7, 11) is 1.61. The molecule has 0 aliphatic heterocycles. The summed E-state index contributed by atoms with van der Waals surface area (Å²) in [5.41, 5.74) is 5.20. The molecule has 0 aliphatic rings. The number of carbonyl (C=O) groups excluding carboxylic acids is 1. The Morgan fingerprint density at radius 2 is 1.81 bits per heavy atom. The number of nitrogens with one attached hydrogen (secondary N) is 1. The van der Waals surface area contributed by atoms with Gasteiger partial charge in [0.25, 0.3) is 5.91 Å². The molecular weight excluding hydrogens is 456 g/mol. The molecule has 0 bridgehead atoms.